The van der Waals surface area contributed by atoms with Gasteiger partial charge < -0.3 is 9.84 Å². The lowest BCUT2D eigenvalue weighted by molar-refractivity contribution is -0.385. The van der Waals surface area contributed by atoms with Crippen LogP contribution in [-0.4, -0.2) is 32.4 Å². The zero-order chi connectivity index (χ0) is 15.6. The third-order valence-electron chi connectivity index (χ3n) is 2.84. The zero-order valence-electron chi connectivity index (χ0n) is 11.4. The van der Waals surface area contributed by atoms with E-state index in [2.05, 4.69) is 5.10 Å². The van der Waals surface area contributed by atoms with Crippen molar-refractivity contribution >= 4 is 11.7 Å². The monoisotopic (exact) mass is 291 g/mol. The molecule has 0 unspecified atom stereocenters. The molecular formula is C13H13N3O5. The van der Waals surface area contributed by atoms with E-state index in [4.69, 9.17) is 9.84 Å². The Bertz CT molecular complexity index is 708. The summed E-state index contributed by atoms with van der Waals surface area (Å²) in [5, 5.41) is 24.3. The van der Waals surface area contributed by atoms with Gasteiger partial charge in [-0.05, 0) is 26.0 Å². The second-order valence-corrected chi connectivity index (χ2v) is 4.19. The molecule has 0 radical (unpaired) electrons. The van der Waals surface area contributed by atoms with E-state index in [1.165, 1.54) is 29.9 Å². The first kappa shape index (κ1) is 14.5. The molecule has 1 aromatic heterocycles. The van der Waals surface area contributed by atoms with Crippen molar-refractivity contribution < 1.29 is 19.6 Å². The molecule has 0 atom stereocenters. The third kappa shape index (κ3) is 2.69. The van der Waals surface area contributed by atoms with Crippen LogP contribution >= 0.6 is 0 Å². The summed E-state index contributed by atoms with van der Waals surface area (Å²) in [6, 6.07) is 4.56. The van der Waals surface area contributed by atoms with Crippen molar-refractivity contribution in [3.63, 3.8) is 0 Å². The van der Waals surface area contributed by atoms with E-state index in [1.54, 1.807) is 13.0 Å². The molecule has 0 amide bonds. The largest absolute Gasteiger partial charge is 0.487 e. The Morgan fingerprint density at radius 3 is 2.76 bits per heavy atom. The van der Waals surface area contributed by atoms with Crippen molar-refractivity contribution in [1.29, 1.82) is 0 Å². The van der Waals surface area contributed by atoms with Crippen molar-refractivity contribution in [2.24, 2.45) is 0 Å². The Morgan fingerprint density at radius 1 is 1.52 bits per heavy atom. The highest BCUT2D eigenvalue weighted by atomic mass is 16.6. The van der Waals surface area contributed by atoms with Crippen LogP contribution in [0.15, 0.2) is 24.4 Å². The minimum absolute atomic E-state index is 0.00823. The van der Waals surface area contributed by atoms with Gasteiger partial charge >= 0.3 is 11.7 Å². The summed E-state index contributed by atoms with van der Waals surface area (Å²) in [6.45, 7) is 3.53. The first-order valence-corrected chi connectivity index (χ1v) is 6.15. The van der Waals surface area contributed by atoms with Gasteiger partial charge in [0.15, 0.2) is 5.75 Å². The van der Waals surface area contributed by atoms with Crippen molar-refractivity contribution in [2.75, 3.05) is 6.61 Å². The van der Waals surface area contributed by atoms with E-state index in [0.717, 1.165) is 0 Å². The Hall–Kier alpha value is -2.90. The van der Waals surface area contributed by atoms with E-state index in [0.29, 0.717) is 0 Å². The lowest BCUT2D eigenvalue weighted by atomic mass is 10.2. The topological polar surface area (TPSA) is 107 Å². The van der Waals surface area contributed by atoms with Gasteiger partial charge in [0, 0.05) is 6.20 Å². The number of hydrogen-bond donors (Lipinski definition) is 1. The van der Waals surface area contributed by atoms with Crippen LogP contribution in [0.25, 0.3) is 5.69 Å². The van der Waals surface area contributed by atoms with Gasteiger partial charge in [0.05, 0.1) is 17.2 Å². The molecule has 0 saturated carbocycles. The lowest BCUT2D eigenvalue weighted by Crippen LogP contribution is -2.04. The van der Waals surface area contributed by atoms with Gasteiger partial charge in [-0.15, -0.1) is 0 Å². The average Bonchev–Trinajstić information content (AvgIpc) is 2.80. The summed E-state index contributed by atoms with van der Waals surface area (Å²) in [5.41, 5.74) is 0.171. The first-order chi connectivity index (χ1) is 9.95. The Kier molecular flexibility index (Phi) is 3.88. The molecule has 0 saturated heterocycles. The molecule has 0 aliphatic carbocycles. The second-order valence-electron chi connectivity index (χ2n) is 4.19. The van der Waals surface area contributed by atoms with Gasteiger partial charge in [0.2, 0.25) is 0 Å². The second kappa shape index (κ2) is 5.61. The van der Waals surface area contributed by atoms with Crippen molar-refractivity contribution in [3.8, 4) is 11.4 Å². The molecule has 1 aromatic carbocycles. The number of nitrogens with zero attached hydrogens (tertiary/aromatic N) is 3. The number of carbonyl (C=O) groups is 1. The highest BCUT2D eigenvalue weighted by molar-refractivity contribution is 5.88. The van der Waals surface area contributed by atoms with Crippen LogP contribution in [0.4, 0.5) is 5.69 Å². The number of hydrogen-bond acceptors (Lipinski definition) is 5. The van der Waals surface area contributed by atoms with E-state index in [9.17, 15) is 14.9 Å². The lowest BCUT2D eigenvalue weighted by Gasteiger charge is -2.08. The number of nitro groups is 1. The minimum atomic E-state index is -1.14. The zero-order valence-corrected chi connectivity index (χ0v) is 11.4. The number of rotatable bonds is 5. The van der Waals surface area contributed by atoms with Gasteiger partial charge in [-0.25, -0.2) is 9.48 Å². The Morgan fingerprint density at radius 2 is 2.24 bits per heavy atom. The summed E-state index contributed by atoms with van der Waals surface area (Å²) in [5.74, 6) is -1.02. The van der Waals surface area contributed by atoms with E-state index in [1.807, 2.05) is 0 Å². The molecule has 2 rings (SSSR count). The molecule has 21 heavy (non-hydrogen) atoms. The number of carboxylic acids is 1. The molecule has 2 aromatic rings. The SMILES string of the molecule is CCOc1cccc(-n2cc(C(=O)O)c(C)n2)c1[N+](=O)[O-]. The maximum atomic E-state index is 11.3. The molecule has 1 N–H and O–H groups in total. The highest BCUT2D eigenvalue weighted by Crippen LogP contribution is 2.33. The summed E-state index contributed by atoms with van der Waals surface area (Å²) < 4.78 is 6.43. The molecule has 8 nitrogen and oxygen atoms in total. The molecule has 0 aliphatic heterocycles. The normalized spacial score (nSPS) is 10.4. The number of benzene rings is 1. The predicted octanol–water partition coefficient (Wildman–Crippen LogP) is 2.19. The van der Waals surface area contributed by atoms with E-state index in [-0.39, 0.29) is 35.0 Å². The smallest absolute Gasteiger partial charge is 0.339 e. The molecule has 0 fully saturated rings. The van der Waals surface area contributed by atoms with Gasteiger partial charge in [-0.1, -0.05) is 6.07 Å². The van der Waals surface area contributed by atoms with Crippen LogP contribution in [0, 0.1) is 17.0 Å². The fraction of sp³-hybridized carbons (Fsp3) is 0.231. The molecule has 0 aliphatic rings. The Balaban J connectivity index is 2.63. The molecule has 110 valence electrons. The van der Waals surface area contributed by atoms with E-state index < -0.39 is 10.9 Å². The van der Waals surface area contributed by atoms with Gasteiger partial charge in [-0.3, -0.25) is 10.1 Å². The van der Waals surface area contributed by atoms with Crippen LogP contribution in [-0.2, 0) is 0 Å². The molecular weight excluding hydrogens is 278 g/mol. The van der Waals surface area contributed by atoms with Crippen molar-refractivity contribution in [2.45, 2.75) is 13.8 Å². The number of aromatic carboxylic acids is 1. The number of ether oxygens (including phenoxy) is 1. The summed E-state index contributed by atoms with van der Waals surface area (Å²) in [6.07, 6.45) is 1.25. The molecule has 0 spiro atoms. The highest BCUT2D eigenvalue weighted by Gasteiger charge is 2.24. The maximum absolute atomic E-state index is 11.3. The van der Waals surface area contributed by atoms with Gasteiger partial charge in [0.1, 0.15) is 11.3 Å². The molecule has 1 heterocycles. The fourth-order valence-corrected chi connectivity index (χ4v) is 1.94. The number of para-hydroxylation sites is 1. The summed E-state index contributed by atoms with van der Waals surface area (Å²) >= 11 is 0. The molecule has 0 bridgehead atoms. The first-order valence-electron chi connectivity index (χ1n) is 6.15. The van der Waals surface area contributed by atoms with Crippen molar-refractivity contribution in [1.82, 2.24) is 9.78 Å². The number of carboxylic acid groups (broad SMARTS) is 1. The third-order valence-corrected chi connectivity index (χ3v) is 2.84. The van der Waals surface area contributed by atoms with Crippen LogP contribution < -0.4 is 4.74 Å². The van der Waals surface area contributed by atoms with E-state index >= 15 is 0 Å². The minimum Gasteiger partial charge on any atom is -0.487 e. The number of nitro benzene ring substituents is 1. The van der Waals surface area contributed by atoms with Crippen molar-refractivity contribution in [3.05, 3.63) is 45.8 Å². The predicted molar refractivity (Wildman–Crippen MR) is 73.1 cm³/mol. The molecule has 8 heteroatoms. The fourth-order valence-electron chi connectivity index (χ4n) is 1.94. The summed E-state index contributed by atoms with van der Waals surface area (Å²) in [4.78, 5) is 21.8. The maximum Gasteiger partial charge on any atom is 0.339 e. The number of aromatic nitrogens is 2. The average molecular weight is 291 g/mol. The Labute approximate surface area is 119 Å². The van der Waals surface area contributed by atoms with Gasteiger partial charge in [-0.2, -0.15) is 5.10 Å². The van der Waals surface area contributed by atoms with Crippen LogP contribution in [0.1, 0.15) is 23.0 Å². The quantitative estimate of drug-likeness (QED) is 0.668. The number of aryl methyl sites for hydroxylation is 1. The summed E-state index contributed by atoms with van der Waals surface area (Å²) in [7, 11) is 0. The van der Waals surface area contributed by atoms with Crippen LogP contribution in [0.3, 0.4) is 0 Å². The van der Waals surface area contributed by atoms with Crippen LogP contribution in [0.5, 0.6) is 5.75 Å². The van der Waals surface area contributed by atoms with Gasteiger partial charge in [0.25, 0.3) is 0 Å². The van der Waals surface area contributed by atoms with Crippen LogP contribution in [0.2, 0.25) is 0 Å². The standard InChI is InChI=1S/C13H13N3O5/c1-3-21-11-6-4-5-10(12(11)16(19)20)15-7-9(13(17)18)8(2)14-15/h4-7H,3H2,1-2H3,(H,17,18).